The van der Waals surface area contributed by atoms with E-state index >= 15 is 0 Å². The fraction of sp³-hybridized carbons (Fsp3) is 0.429. The highest BCUT2D eigenvalue weighted by Crippen LogP contribution is 2.32. The quantitative estimate of drug-likeness (QED) is 0.778. The predicted molar refractivity (Wildman–Crippen MR) is 66.5 cm³/mol. The van der Waals surface area contributed by atoms with Crippen molar-refractivity contribution >= 4 is 5.97 Å². The van der Waals surface area contributed by atoms with Crippen molar-refractivity contribution in [2.45, 2.75) is 32.4 Å². The normalized spacial score (nSPS) is 18.2. The molecule has 0 bridgehead atoms. The molecule has 0 atom stereocenters. The summed E-state index contributed by atoms with van der Waals surface area (Å²) in [5, 5.41) is 0. The highest BCUT2D eigenvalue weighted by Gasteiger charge is 2.33. The van der Waals surface area contributed by atoms with Gasteiger partial charge in [0.15, 0.2) is 0 Å². The highest BCUT2D eigenvalue weighted by atomic mass is 19.1. The maximum Gasteiger partial charge on any atom is 0.333 e. The Morgan fingerprint density at radius 1 is 1.53 bits per heavy atom. The minimum Gasteiger partial charge on any atom is -0.456 e. The number of aryl methyl sites for hydroxylation is 1. The predicted octanol–water partition coefficient (Wildman–Crippen LogP) is 1.93. The van der Waals surface area contributed by atoms with Crippen LogP contribution in [0.15, 0.2) is 24.0 Å². The molecule has 2 aliphatic rings. The van der Waals surface area contributed by atoms with Gasteiger partial charge in [-0.2, -0.15) is 0 Å². The Labute approximate surface area is 110 Å². The summed E-state index contributed by atoms with van der Waals surface area (Å²) in [6.45, 7) is 2.53. The van der Waals surface area contributed by atoms with E-state index < -0.39 is 0 Å². The van der Waals surface area contributed by atoms with Crippen LogP contribution in [-0.4, -0.2) is 28.5 Å². The van der Waals surface area contributed by atoms with Crippen LogP contribution >= 0.6 is 0 Å². The molecule has 1 aliphatic carbocycles. The van der Waals surface area contributed by atoms with Crippen molar-refractivity contribution in [3.05, 3.63) is 41.1 Å². The van der Waals surface area contributed by atoms with Gasteiger partial charge in [0.1, 0.15) is 12.4 Å². The van der Waals surface area contributed by atoms with Crippen molar-refractivity contribution in [3.63, 3.8) is 0 Å². The summed E-state index contributed by atoms with van der Waals surface area (Å²) in [5.74, 6) is -0.588. The van der Waals surface area contributed by atoms with Gasteiger partial charge in [0.2, 0.25) is 0 Å². The lowest BCUT2D eigenvalue weighted by molar-refractivity contribution is -0.135. The summed E-state index contributed by atoms with van der Waals surface area (Å²) in [6, 6.07) is 1.95. The Morgan fingerprint density at radius 3 is 2.89 bits per heavy atom. The lowest BCUT2D eigenvalue weighted by atomic mass is 10.2. The first kappa shape index (κ1) is 12.1. The molecule has 1 fully saturated rings. The van der Waals surface area contributed by atoms with Crippen LogP contribution in [0.3, 0.4) is 0 Å². The monoisotopic (exact) mass is 262 g/mol. The maximum absolute atomic E-state index is 13.5. The molecule has 3 rings (SSSR count). The summed E-state index contributed by atoms with van der Waals surface area (Å²) < 4.78 is 18.5. The second-order valence-corrected chi connectivity index (χ2v) is 5.01. The fourth-order valence-corrected chi connectivity index (χ4v) is 2.21. The van der Waals surface area contributed by atoms with E-state index in [-0.39, 0.29) is 11.8 Å². The number of halogens is 1. The molecule has 1 aromatic rings. The van der Waals surface area contributed by atoms with Gasteiger partial charge < -0.3 is 9.64 Å². The summed E-state index contributed by atoms with van der Waals surface area (Å²) in [4.78, 5) is 17.3. The average Bonchev–Trinajstić information content (AvgIpc) is 3.13. The van der Waals surface area contributed by atoms with E-state index in [1.807, 2.05) is 0 Å². The van der Waals surface area contributed by atoms with Crippen molar-refractivity contribution < 1.29 is 13.9 Å². The number of pyridine rings is 1. The van der Waals surface area contributed by atoms with Crippen molar-refractivity contribution in [2.75, 3.05) is 6.61 Å². The summed E-state index contributed by atoms with van der Waals surface area (Å²) in [5.41, 5.74) is 2.10. The van der Waals surface area contributed by atoms with E-state index in [0.717, 1.165) is 24.1 Å². The standard InChI is InChI=1S/C14H15FN2O2/c1-9-13(15)4-10(6-16-9)7-17(11-2-3-11)12-5-14(18)19-8-12/h4-6,11H,2-3,7-8H2,1H3. The summed E-state index contributed by atoms with van der Waals surface area (Å²) in [6.07, 6.45) is 5.42. The van der Waals surface area contributed by atoms with E-state index in [1.165, 1.54) is 12.1 Å². The smallest absolute Gasteiger partial charge is 0.333 e. The van der Waals surface area contributed by atoms with Gasteiger partial charge in [-0.15, -0.1) is 0 Å². The van der Waals surface area contributed by atoms with Gasteiger partial charge in [-0.3, -0.25) is 4.98 Å². The molecule has 0 aromatic carbocycles. The zero-order valence-corrected chi connectivity index (χ0v) is 10.7. The van der Waals surface area contributed by atoms with Crippen LogP contribution in [0, 0.1) is 12.7 Å². The second-order valence-electron chi connectivity index (χ2n) is 5.01. The number of ether oxygens (including phenoxy) is 1. The van der Waals surface area contributed by atoms with Crippen molar-refractivity contribution in [1.29, 1.82) is 0 Å². The number of carbonyl (C=O) groups excluding carboxylic acids is 1. The van der Waals surface area contributed by atoms with E-state index in [4.69, 9.17) is 4.74 Å². The van der Waals surface area contributed by atoms with Gasteiger partial charge in [0.25, 0.3) is 0 Å². The molecule has 100 valence electrons. The van der Waals surface area contributed by atoms with E-state index in [2.05, 4.69) is 9.88 Å². The van der Waals surface area contributed by atoms with Crippen molar-refractivity contribution in [3.8, 4) is 0 Å². The minimum atomic E-state index is -0.297. The molecule has 0 spiro atoms. The van der Waals surface area contributed by atoms with Gasteiger partial charge in [0.05, 0.1) is 11.4 Å². The van der Waals surface area contributed by atoms with E-state index in [9.17, 15) is 9.18 Å². The molecule has 4 nitrogen and oxygen atoms in total. The zero-order chi connectivity index (χ0) is 13.4. The molecule has 0 radical (unpaired) electrons. The number of esters is 1. The summed E-state index contributed by atoms with van der Waals surface area (Å²) >= 11 is 0. The number of carbonyl (C=O) groups is 1. The van der Waals surface area contributed by atoms with Crippen LogP contribution in [-0.2, 0) is 16.1 Å². The molecular weight excluding hydrogens is 247 g/mol. The zero-order valence-electron chi connectivity index (χ0n) is 10.7. The van der Waals surface area contributed by atoms with Crippen LogP contribution in [0.2, 0.25) is 0 Å². The lowest BCUT2D eigenvalue weighted by Gasteiger charge is -2.24. The van der Waals surface area contributed by atoms with Gasteiger partial charge in [-0.25, -0.2) is 9.18 Å². The SMILES string of the molecule is Cc1ncc(CN(C2=CC(=O)OC2)C2CC2)cc1F. The Kier molecular flexibility index (Phi) is 2.97. The van der Waals surface area contributed by atoms with Crippen molar-refractivity contribution in [1.82, 2.24) is 9.88 Å². The second kappa shape index (κ2) is 4.64. The average molecular weight is 262 g/mol. The van der Waals surface area contributed by atoms with Gasteiger partial charge >= 0.3 is 5.97 Å². The minimum absolute atomic E-state index is 0.291. The molecule has 2 heterocycles. The molecule has 19 heavy (non-hydrogen) atoms. The van der Waals surface area contributed by atoms with E-state index in [1.54, 1.807) is 13.1 Å². The molecule has 5 heteroatoms. The van der Waals surface area contributed by atoms with E-state index in [0.29, 0.717) is 24.9 Å². The molecule has 0 saturated heterocycles. The first-order valence-corrected chi connectivity index (χ1v) is 6.38. The third-order valence-electron chi connectivity index (χ3n) is 3.44. The number of nitrogens with zero attached hydrogens (tertiary/aromatic N) is 2. The summed E-state index contributed by atoms with van der Waals surface area (Å²) in [7, 11) is 0. The molecule has 0 amide bonds. The van der Waals surface area contributed by atoms with Crippen LogP contribution in [0.25, 0.3) is 0 Å². The molecule has 1 aliphatic heterocycles. The van der Waals surface area contributed by atoms with Crippen LogP contribution < -0.4 is 0 Å². The van der Waals surface area contributed by atoms with Gasteiger partial charge in [-0.1, -0.05) is 0 Å². The Balaban J connectivity index is 1.80. The third kappa shape index (κ3) is 2.59. The fourth-order valence-electron chi connectivity index (χ4n) is 2.21. The third-order valence-corrected chi connectivity index (χ3v) is 3.44. The molecule has 1 saturated carbocycles. The van der Waals surface area contributed by atoms with Crippen LogP contribution in [0.4, 0.5) is 4.39 Å². The first-order chi connectivity index (χ1) is 9.13. The number of aromatic nitrogens is 1. The van der Waals surface area contributed by atoms with Crippen LogP contribution in [0.5, 0.6) is 0 Å². The number of cyclic esters (lactones) is 1. The Bertz CT molecular complexity index is 552. The number of hydrogen-bond acceptors (Lipinski definition) is 4. The first-order valence-electron chi connectivity index (χ1n) is 6.38. The largest absolute Gasteiger partial charge is 0.456 e. The number of rotatable bonds is 4. The Hall–Kier alpha value is -1.91. The molecule has 1 aromatic heterocycles. The maximum atomic E-state index is 13.5. The van der Waals surface area contributed by atoms with Gasteiger partial charge in [-0.05, 0) is 31.4 Å². The molecular formula is C14H15FN2O2. The number of hydrogen-bond donors (Lipinski definition) is 0. The Morgan fingerprint density at radius 2 is 2.32 bits per heavy atom. The highest BCUT2D eigenvalue weighted by molar-refractivity contribution is 5.85. The van der Waals surface area contributed by atoms with Crippen molar-refractivity contribution in [2.24, 2.45) is 0 Å². The lowest BCUT2D eigenvalue weighted by Crippen LogP contribution is -2.26. The molecule has 0 N–H and O–H groups in total. The topological polar surface area (TPSA) is 42.4 Å². The van der Waals surface area contributed by atoms with Gasteiger partial charge in [0, 0.05) is 24.9 Å². The van der Waals surface area contributed by atoms with Crippen LogP contribution in [0.1, 0.15) is 24.1 Å². The molecule has 0 unspecified atom stereocenters.